The van der Waals surface area contributed by atoms with Crippen LogP contribution in [0.25, 0.3) is 0 Å². The molecule has 0 radical (unpaired) electrons. The Morgan fingerprint density at radius 3 is 1.67 bits per heavy atom. The van der Waals surface area contributed by atoms with E-state index in [4.69, 9.17) is 19.2 Å². The third-order valence-corrected chi connectivity index (χ3v) is 9.75. The number of likely N-dealkylation sites (N-methyl/N-ethyl adjacent to an activating group) is 1. The Hall–Kier alpha value is -5.99. The highest BCUT2D eigenvalue weighted by atomic mass is 19.4. The van der Waals surface area contributed by atoms with Crippen LogP contribution in [0.4, 0.5) is 31.1 Å². The first kappa shape index (κ1) is 45.1. The van der Waals surface area contributed by atoms with E-state index in [0.29, 0.717) is 40.1 Å². The zero-order valence-electron chi connectivity index (χ0n) is 33.1. The van der Waals surface area contributed by atoms with Gasteiger partial charge in [0.1, 0.15) is 6.61 Å². The average molecular weight is 834 g/mol. The van der Waals surface area contributed by atoms with E-state index in [1.54, 1.807) is 74.6 Å². The van der Waals surface area contributed by atoms with Crippen molar-refractivity contribution in [1.82, 2.24) is 10.6 Å². The predicted octanol–water partition coefficient (Wildman–Crippen LogP) is 10.1. The number of rotatable bonds is 17. The molecular weight excluding hydrogens is 789 g/mol. The first-order chi connectivity index (χ1) is 28.6. The smallest absolute Gasteiger partial charge is 0.416 e. The van der Waals surface area contributed by atoms with E-state index in [0.717, 1.165) is 0 Å². The molecule has 0 aliphatic carbocycles. The van der Waals surface area contributed by atoms with E-state index in [-0.39, 0.29) is 25.7 Å². The molecule has 0 saturated heterocycles. The van der Waals surface area contributed by atoms with Crippen LogP contribution in [0.5, 0.6) is 0 Å². The number of alkyl carbamates (subject to hydrolysis) is 1. The number of aliphatic imine (C=N–C) groups is 1. The molecule has 60 heavy (non-hydrogen) atoms. The Kier molecular flexibility index (Phi) is 15.3. The number of amides is 1. The maximum Gasteiger partial charge on any atom is 0.416 e. The summed E-state index contributed by atoms with van der Waals surface area (Å²) >= 11 is 0. The zero-order chi connectivity index (χ0) is 43.3. The lowest BCUT2D eigenvalue weighted by Gasteiger charge is -2.39. The van der Waals surface area contributed by atoms with Crippen LogP contribution < -0.4 is 10.6 Å². The lowest BCUT2D eigenvalue weighted by Crippen LogP contribution is -2.56. The highest BCUT2D eigenvalue weighted by Gasteiger charge is 2.43. The molecule has 316 valence electrons. The Morgan fingerprint density at radius 1 is 0.683 bits per heavy atom. The molecule has 0 aliphatic heterocycles. The Balaban J connectivity index is 1.63. The van der Waals surface area contributed by atoms with E-state index in [1.807, 2.05) is 60.7 Å². The lowest BCUT2D eigenvalue weighted by atomic mass is 9.82. The fourth-order valence-corrected chi connectivity index (χ4v) is 6.64. The molecular formula is C46H45F6N3O5. The summed E-state index contributed by atoms with van der Waals surface area (Å²) in [6.45, 7) is 2.32. The quantitative estimate of drug-likeness (QED) is 0.0550. The van der Waals surface area contributed by atoms with E-state index in [9.17, 15) is 35.9 Å². The number of halogens is 6. The highest BCUT2D eigenvalue weighted by Crippen LogP contribution is 2.39. The van der Waals surface area contributed by atoms with Crippen LogP contribution >= 0.6 is 0 Å². The number of esters is 1. The summed E-state index contributed by atoms with van der Waals surface area (Å²) in [5.41, 5.74) is -2.12. The molecule has 0 aromatic heterocycles. The van der Waals surface area contributed by atoms with Gasteiger partial charge in [-0.1, -0.05) is 121 Å². The molecule has 5 aromatic carbocycles. The number of hydrogen-bond donors (Lipinski definition) is 2. The van der Waals surface area contributed by atoms with Crippen molar-refractivity contribution in [3.05, 3.63) is 178 Å². The van der Waals surface area contributed by atoms with Crippen LogP contribution in [0.1, 0.15) is 65.3 Å². The van der Waals surface area contributed by atoms with Crippen molar-refractivity contribution < 1.29 is 50.1 Å². The third kappa shape index (κ3) is 12.0. The minimum Gasteiger partial charge on any atom is -0.464 e. The molecule has 2 N–H and O–H groups in total. The summed E-state index contributed by atoms with van der Waals surface area (Å²) < 4.78 is 101. The molecule has 0 aliphatic rings. The standard InChI is InChI=1S/C46H45F6N3O5/c1-4-58-42(56)41(54-40(33-19-11-6-12-20-33)34-21-13-7-14-22-34)39(53-3)28-44(36-23-15-8-16-24-36,55-43(57)59-29-32-17-9-5-10-18-32)30-60-31(2)35-25-37(45(47,48)49)27-38(26-35)46(50,51)52/h5-27,31,39,41,53H,4,28-30H2,1-3H3,(H,55,57)/t31-,39+,41+,44-/m1/s1. The highest BCUT2D eigenvalue weighted by molar-refractivity contribution is 6.13. The van der Waals surface area contributed by atoms with Crippen LogP contribution in [-0.2, 0) is 43.5 Å². The minimum atomic E-state index is -5.09. The van der Waals surface area contributed by atoms with Crippen molar-refractivity contribution >= 4 is 17.8 Å². The summed E-state index contributed by atoms with van der Waals surface area (Å²) in [5.74, 6) is -0.701. The second-order valence-electron chi connectivity index (χ2n) is 13.9. The number of carbonyl (C=O) groups is 2. The molecule has 0 bridgehead atoms. The number of alkyl halides is 6. The Morgan fingerprint density at radius 2 is 1.18 bits per heavy atom. The average Bonchev–Trinajstić information content (AvgIpc) is 3.25. The van der Waals surface area contributed by atoms with Crippen LogP contribution in [0.15, 0.2) is 145 Å². The van der Waals surface area contributed by atoms with Crippen molar-refractivity contribution in [3.8, 4) is 0 Å². The zero-order valence-corrected chi connectivity index (χ0v) is 33.1. The van der Waals surface area contributed by atoms with E-state index in [1.165, 1.54) is 6.92 Å². The molecule has 0 saturated carbocycles. The number of ether oxygens (including phenoxy) is 3. The summed E-state index contributed by atoms with van der Waals surface area (Å²) in [5, 5.41) is 6.08. The number of nitrogens with one attached hydrogen (secondary N) is 2. The van der Waals surface area contributed by atoms with Gasteiger partial charge in [0.15, 0.2) is 6.04 Å². The van der Waals surface area contributed by atoms with Gasteiger partial charge in [-0.25, -0.2) is 9.59 Å². The van der Waals surface area contributed by atoms with Gasteiger partial charge in [-0.2, -0.15) is 26.3 Å². The van der Waals surface area contributed by atoms with Gasteiger partial charge in [0, 0.05) is 17.2 Å². The summed E-state index contributed by atoms with van der Waals surface area (Å²) in [7, 11) is 1.59. The van der Waals surface area contributed by atoms with Crippen molar-refractivity contribution in [2.24, 2.45) is 4.99 Å². The van der Waals surface area contributed by atoms with Gasteiger partial charge in [-0.05, 0) is 62.2 Å². The van der Waals surface area contributed by atoms with Crippen LogP contribution in [0.2, 0.25) is 0 Å². The van der Waals surface area contributed by atoms with Crippen LogP contribution in [0, 0.1) is 0 Å². The molecule has 5 aromatic rings. The normalized spacial score (nSPS) is 14.2. The molecule has 14 heteroatoms. The number of benzene rings is 5. The van der Waals surface area contributed by atoms with Gasteiger partial charge in [-0.15, -0.1) is 0 Å². The minimum absolute atomic E-state index is 0.0126. The second-order valence-corrected chi connectivity index (χ2v) is 13.9. The van der Waals surface area contributed by atoms with Gasteiger partial charge in [0.05, 0.1) is 41.7 Å². The lowest BCUT2D eigenvalue weighted by molar-refractivity contribution is -0.146. The van der Waals surface area contributed by atoms with Gasteiger partial charge in [-0.3, -0.25) is 4.99 Å². The Labute approximate surface area is 344 Å². The molecule has 0 unspecified atom stereocenters. The van der Waals surface area contributed by atoms with E-state index >= 15 is 0 Å². The first-order valence-corrected chi connectivity index (χ1v) is 19.1. The van der Waals surface area contributed by atoms with Gasteiger partial charge >= 0.3 is 24.4 Å². The van der Waals surface area contributed by atoms with Crippen LogP contribution in [-0.4, -0.2) is 50.1 Å². The molecule has 1 amide bonds. The molecule has 4 atom stereocenters. The fourth-order valence-electron chi connectivity index (χ4n) is 6.64. The molecule has 0 spiro atoms. The third-order valence-electron chi connectivity index (χ3n) is 9.75. The molecule has 0 heterocycles. The summed E-state index contributed by atoms with van der Waals surface area (Å²) in [6, 6.07) is 34.7. The molecule has 0 fully saturated rings. The maximum atomic E-state index is 14.0. The number of hydrogen-bond acceptors (Lipinski definition) is 7. The fraction of sp³-hybridized carbons (Fsp3) is 0.283. The van der Waals surface area contributed by atoms with Crippen LogP contribution in [0.3, 0.4) is 0 Å². The van der Waals surface area contributed by atoms with Crippen molar-refractivity contribution in [1.29, 1.82) is 0 Å². The monoisotopic (exact) mass is 833 g/mol. The summed E-state index contributed by atoms with van der Waals surface area (Å²) in [6.07, 6.45) is -12.6. The predicted molar refractivity (Wildman–Crippen MR) is 215 cm³/mol. The second kappa shape index (κ2) is 20.3. The SMILES string of the molecule is CCOC(=O)[C@@H](N=C(c1ccccc1)c1ccccc1)[C@H](C[C@](CO[C@H](C)c1cc(C(F)(F)F)cc(C(F)(F)F)c1)(NC(=O)OCc1ccccc1)c1ccccc1)NC. The number of nitrogens with zero attached hydrogens (tertiary/aromatic N) is 1. The van der Waals surface area contributed by atoms with Crippen molar-refractivity contribution in [2.45, 2.75) is 63.0 Å². The maximum absolute atomic E-state index is 14.0. The van der Waals surface area contributed by atoms with E-state index in [2.05, 4.69) is 10.6 Å². The Bertz CT molecular complexity index is 2100. The van der Waals surface area contributed by atoms with Crippen molar-refractivity contribution in [2.75, 3.05) is 20.3 Å². The summed E-state index contributed by atoms with van der Waals surface area (Å²) in [4.78, 5) is 32.9. The number of carbonyl (C=O) groups excluding carboxylic acids is 2. The van der Waals surface area contributed by atoms with Gasteiger partial charge in [0.25, 0.3) is 0 Å². The largest absolute Gasteiger partial charge is 0.464 e. The first-order valence-electron chi connectivity index (χ1n) is 19.1. The van der Waals surface area contributed by atoms with Gasteiger partial charge in [0.2, 0.25) is 0 Å². The van der Waals surface area contributed by atoms with Crippen molar-refractivity contribution in [3.63, 3.8) is 0 Å². The molecule has 8 nitrogen and oxygen atoms in total. The van der Waals surface area contributed by atoms with E-state index < -0.39 is 71.4 Å². The molecule has 5 rings (SSSR count). The van der Waals surface area contributed by atoms with Gasteiger partial charge < -0.3 is 24.8 Å². The topological polar surface area (TPSA) is 98.3 Å².